The molecular weight excluding hydrogens is 130 g/mol. The molecule has 0 saturated carbocycles. The first-order chi connectivity index (χ1) is 4.72. The number of hydrogen-bond donors (Lipinski definition) is 1. The molecule has 0 fully saturated rings. The topological polar surface area (TPSA) is 90.7 Å². The molecule has 0 radical (unpaired) electrons. The van der Waals surface area contributed by atoms with Crippen LogP contribution < -0.4 is 5.73 Å². The predicted molar refractivity (Wildman–Crippen MR) is 35.2 cm³/mol. The summed E-state index contributed by atoms with van der Waals surface area (Å²) in [5.41, 5.74) is 4.57. The summed E-state index contributed by atoms with van der Waals surface area (Å²) in [7, 11) is 0. The molecule has 0 aliphatic heterocycles. The van der Waals surface area contributed by atoms with Gasteiger partial charge in [-0.2, -0.15) is 10.5 Å². The highest BCUT2D eigenvalue weighted by molar-refractivity contribution is 5.81. The van der Waals surface area contributed by atoms with E-state index in [0.29, 0.717) is 0 Å². The SMILES string of the molecule is C=C.N#CC(C#N)C(N)=O. The van der Waals surface area contributed by atoms with E-state index in [1.165, 1.54) is 12.1 Å². The number of carbonyl (C=O) groups excluding carboxylic acids is 1. The quantitative estimate of drug-likeness (QED) is 0.513. The van der Waals surface area contributed by atoms with Crippen molar-refractivity contribution >= 4 is 5.91 Å². The van der Waals surface area contributed by atoms with E-state index in [2.05, 4.69) is 18.9 Å². The molecule has 10 heavy (non-hydrogen) atoms. The van der Waals surface area contributed by atoms with Crippen molar-refractivity contribution in [2.24, 2.45) is 11.7 Å². The fraction of sp³-hybridized carbons (Fsp3) is 0.167. The zero-order valence-electron chi connectivity index (χ0n) is 5.37. The normalized spacial score (nSPS) is 6.30. The average Bonchev–Trinajstić information content (AvgIpc) is 1.94. The lowest BCUT2D eigenvalue weighted by atomic mass is 10.2. The van der Waals surface area contributed by atoms with Crippen LogP contribution in [0.15, 0.2) is 13.2 Å². The lowest BCUT2D eigenvalue weighted by molar-refractivity contribution is -0.118. The van der Waals surface area contributed by atoms with Gasteiger partial charge in [-0.3, -0.25) is 4.79 Å². The minimum absolute atomic E-state index is 0.894. The van der Waals surface area contributed by atoms with Gasteiger partial charge in [0.25, 0.3) is 0 Å². The van der Waals surface area contributed by atoms with Gasteiger partial charge in [-0.25, -0.2) is 0 Å². The van der Waals surface area contributed by atoms with E-state index in [1.54, 1.807) is 0 Å². The Hall–Kier alpha value is -1.81. The molecule has 4 nitrogen and oxygen atoms in total. The molecule has 52 valence electrons. The third-order valence-electron chi connectivity index (χ3n) is 0.543. The van der Waals surface area contributed by atoms with Gasteiger partial charge < -0.3 is 5.73 Å². The Balaban J connectivity index is 0. The zero-order valence-corrected chi connectivity index (χ0v) is 5.37. The second-order valence-electron chi connectivity index (χ2n) is 1.09. The number of carbonyl (C=O) groups is 1. The second kappa shape index (κ2) is 7.19. The number of hydrogen-bond acceptors (Lipinski definition) is 3. The molecule has 0 unspecified atom stereocenters. The van der Waals surface area contributed by atoms with Crippen molar-refractivity contribution in [3.05, 3.63) is 13.2 Å². The van der Waals surface area contributed by atoms with Crippen LogP contribution in [0.3, 0.4) is 0 Å². The van der Waals surface area contributed by atoms with Crippen LogP contribution in [0.2, 0.25) is 0 Å². The van der Waals surface area contributed by atoms with Gasteiger partial charge in [-0.1, -0.05) is 0 Å². The fourth-order valence-corrected chi connectivity index (χ4v) is 0.156. The van der Waals surface area contributed by atoms with Gasteiger partial charge in [-0.15, -0.1) is 13.2 Å². The van der Waals surface area contributed by atoms with E-state index >= 15 is 0 Å². The Kier molecular flexibility index (Phi) is 7.94. The molecule has 4 heteroatoms. The summed E-state index contributed by atoms with van der Waals surface area (Å²) >= 11 is 0. The standard InChI is InChI=1S/C4H3N3O.C2H4/c5-1-3(2-6)4(7)8;1-2/h3H,(H2,7,8);1-2H2. The van der Waals surface area contributed by atoms with Crippen molar-refractivity contribution in [2.75, 3.05) is 0 Å². The van der Waals surface area contributed by atoms with Crippen LogP contribution in [-0.2, 0) is 4.79 Å². The second-order valence-corrected chi connectivity index (χ2v) is 1.09. The summed E-state index contributed by atoms with van der Waals surface area (Å²) < 4.78 is 0. The molecule has 0 aromatic carbocycles. The summed E-state index contributed by atoms with van der Waals surface area (Å²) in [5.74, 6) is -2.19. The average molecular weight is 137 g/mol. The van der Waals surface area contributed by atoms with Crippen LogP contribution in [0.4, 0.5) is 0 Å². The predicted octanol–water partition coefficient (Wildman–Crippen LogP) is -0.0627. The van der Waals surface area contributed by atoms with Gasteiger partial charge in [0.1, 0.15) is 0 Å². The third-order valence-corrected chi connectivity index (χ3v) is 0.543. The van der Waals surface area contributed by atoms with Crippen LogP contribution in [-0.4, -0.2) is 5.91 Å². The largest absolute Gasteiger partial charge is 0.368 e. The van der Waals surface area contributed by atoms with Crippen molar-refractivity contribution in [1.82, 2.24) is 0 Å². The van der Waals surface area contributed by atoms with Crippen LogP contribution in [0, 0.1) is 28.6 Å². The highest BCUT2D eigenvalue weighted by atomic mass is 16.1. The number of primary amides is 1. The Morgan fingerprint density at radius 2 is 1.70 bits per heavy atom. The summed E-state index contributed by atoms with van der Waals surface area (Å²) in [6.45, 7) is 6.00. The molecule has 0 aliphatic rings. The summed E-state index contributed by atoms with van der Waals surface area (Å²) in [4.78, 5) is 9.94. The van der Waals surface area contributed by atoms with Gasteiger partial charge in [0.05, 0.1) is 12.1 Å². The van der Waals surface area contributed by atoms with Gasteiger partial charge in [-0.05, 0) is 0 Å². The van der Waals surface area contributed by atoms with E-state index < -0.39 is 11.8 Å². The molecule has 0 saturated heterocycles. The number of nitriles is 2. The third kappa shape index (κ3) is 4.35. The Morgan fingerprint density at radius 3 is 1.70 bits per heavy atom. The van der Waals surface area contributed by atoms with Gasteiger partial charge in [0, 0.05) is 0 Å². The summed E-state index contributed by atoms with van der Waals surface area (Å²) in [6, 6.07) is 2.83. The molecular formula is C6H7N3O. The minimum atomic E-state index is -1.30. The lowest BCUT2D eigenvalue weighted by Gasteiger charge is -1.85. The van der Waals surface area contributed by atoms with Gasteiger partial charge in [0.15, 0.2) is 0 Å². The van der Waals surface area contributed by atoms with Crippen molar-refractivity contribution < 1.29 is 4.79 Å². The van der Waals surface area contributed by atoms with Crippen LogP contribution in [0.25, 0.3) is 0 Å². The molecule has 0 aromatic heterocycles. The van der Waals surface area contributed by atoms with E-state index in [4.69, 9.17) is 10.5 Å². The van der Waals surface area contributed by atoms with E-state index in [0.717, 1.165) is 0 Å². The Labute approximate surface area is 59.2 Å². The maximum absolute atomic E-state index is 9.94. The highest BCUT2D eigenvalue weighted by Crippen LogP contribution is 1.85. The molecule has 0 atom stereocenters. The number of nitrogens with two attached hydrogens (primary N) is 1. The fourth-order valence-electron chi connectivity index (χ4n) is 0.156. The lowest BCUT2D eigenvalue weighted by Crippen LogP contribution is -2.19. The highest BCUT2D eigenvalue weighted by Gasteiger charge is 2.10. The first-order valence-corrected chi connectivity index (χ1v) is 2.31. The van der Waals surface area contributed by atoms with E-state index in [1.807, 2.05) is 0 Å². The van der Waals surface area contributed by atoms with Crippen molar-refractivity contribution in [2.45, 2.75) is 0 Å². The maximum Gasteiger partial charge on any atom is 0.249 e. The van der Waals surface area contributed by atoms with Crippen LogP contribution in [0.1, 0.15) is 0 Å². The molecule has 0 heterocycles. The minimum Gasteiger partial charge on any atom is -0.368 e. The first kappa shape index (κ1) is 11.0. The molecule has 1 amide bonds. The molecule has 2 N–H and O–H groups in total. The zero-order chi connectivity index (χ0) is 8.57. The molecule has 0 aliphatic carbocycles. The van der Waals surface area contributed by atoms with Crippen molar-refractivity contribution in [3.63, 3.8) is 0 Å². The van der Waals surface area contributed by atoms with E-state index in [-0.39, 0.29) is 0 Å². The molecule has 0 bridgehead atoms. The van der Waals surface area contributed by atoms with E-state index in [9.17, 15) is 4.79 Å². The maximum atomic E-state index is 9.94. The smallest absolute Gasteiger partial charge is 0.249 e. The number of rotatable bonds is 1. The Morgan fingerprint density at radius 1 is 1.40 bits per heavy atom. The van der Waals surface area contributed by atoms with Crippen molar-refractivity contribution in [3.8, 4) is 12.1 Å². The molecule has 0 aromatic rings. The Bertz CT molecular complexity index is 172. The van der Waals surface area contributed by atoms with Gasteiger partial charge >= 0.3 is 0 Å². The number of nitrogens with zero attached hydrogens (tertiary/aromatic N) is 2. The summed E-state index contributed by atoms with van der Waals surface area (Å²) in [5, 5.41) is 15.8. The number of amides is 1. The van der Waals surface area contributed by atoms with Gasteiger partial charge in [0.2, 0.25) is 11.8 Å². The monoisotopic (exact) mass is 137 g/mol. The molecule has 0 rings (SSSR count). The summed E-state index contributed by atoms with van der Waals surface area (Å²) in [6.07, 6.45) is 0. The van der Waals surface area contributed by atoms with Crippen molar-refractivity contribution in [1.29, 1.82) is 10.5 Å². The first-order valence-electron chi connectivity index (χ1n) is 2.31. The molecule has 0 spiro atoms. The van der Waals surface area contributed by atoms with Crippen LogP contribution >= 0.6 is 0 Å². The van der Waals surface area contributed by atoms with Crippen LogP contribution in [0.5, 0.6) is 0 Å².